The molecular weight excluding hydrogens is 304 g/mol. The molecule has 2 aromatic heterocycles. The summed E-state index contributed by atoms with van der Waals surface area (Å²) in [6.45, 7) is 0. The van der Waals surface area contributed by atoms with Crippen LogP contribution >= 0.6 is 11.3 Å². The van der Waals surface area contributed by atoms with Crippen LogP contribution in [-0.4, -0.2) is 10.9 Å². The lowest BCUT2D eigenvalue weighted by atomic mass is 10.1. The summed E-state index contributed by atoms with van der Waals surface area (Å²) in [5, 5.41) is 4.91. The highest BCUT2D eigenvalue weighted by molar-refractivity contribution is 7.10. The Hall–Kier alpha value is -2.72. The van der Waals surface area contributed by atoms with Gasteiger partial charge in [-0.05, 0) is 47.4 Å². The van der Waals surface area contributed by atoms with Crippen molar-refractivity contribution in [1.82, 2.24) is 4.98 Å². The first kappa shape index (κ1) is 15.2. The molecule has 1 amide bonds. The topological polar surface area (TPSA) is 42.0 Å². The summed E-state index contributed by atoms with van der Waals surface area (Å²) < 4.78 is 0. The fourth-order valence-corrected chi connectivity index (χ4v) is 2.86. The zero-order valence-corrected chi connectivity index (χ0v) is 13.3. The lowest BCUT2D eigenvalue weighted by Crippen LogP contribution is -2.13. The molecule has 2 heterocycles. The molecule has 23 heavy (non-hydrogen) atoms. The van der Waals surface area contributed by atoms with E-state index in [-0.39, 0.29) is 5.91 Å². The van der Waals surface area contributed by atoms with E-state index in [4.69, 9.17) is 0 Å². The number of nitrogens with zero attached hydrogens (tertiary/aromatic N) is 1. The molecule has 0 aliphatic heterocycles. The van der Waals surface area contributed by atoms with Crippen LogP contribution < -0.4 is 5.32 Å². The van der Waals surface area contributed by atoms with Crippen LogP contribution in [0, 0.1) is 0 Å². The molecule has 0 saturated heterocycles. The molecule has 0 fully saturated rings. The maximum atomic E-state index is 12.0. The number of nitrogens with one attached hydrogen (secondary N) is 1. The van der Waals surface area contributed by atoms with Crippen molar-refractivity contribution in [3.05, 3.63) is 82.3 Å². The Labute approximate surface area is 139 Å². The minimum Gasteiger partial charge on any atom is -0.326 e. The summed E-state index contributed by atoms with van der Waals surface area (Å²) in [7, 11) is 0. The first-order valence-corrected chi connectivity index (χ1v) is 8.19. The molecule has 3 aromatic rings. The van der Waals surface area contributed by atoms with Crippen LogP contribution in [0.15, 0.2) is 66.2 Å². The highest BCUT2D eigenvalue weighted by Crippen LogP contribution is 2.15. The van der Waals surface area contributed by atoms with Gasteiger partial charge < -0.3 is 5.32 Å². The molecule has 0 saturated carbocycles. The van der Waals surface area contributed by atoms with E-state index in [1.54, 1.807) is 17.5 Å². The van der Waals surface area contributed by atoms with E-state index in [1.165, 1.54) is 0 Å². The number of anilines is 1. The third-order valence-corrected chi connectivity index (χ3v) is 4.10. The SMILES string of the molecule is O=C(Cc1cccs1)Nc1cccc(C=Cc2ccccn2)c1. The molecule has 114 valence electrons. The zero-order valence-electron chi connectivity index (χ0n) is 12.5. The van der Waals surface area contributed by atoms with Crippen LogP contribution in [0.4, 0.5) is 5.69 Å². The van der Waals surface area contributed by atoms with Crippen molar-refractivity contribution in [2.24, 2.45) is 0 Å². The van der Waals surface area contributed by atoms with Gasteiger partial charge in [-0.2, -0.15) is 0 Å². The van der Waals surface area contributed by atoms with Crippen LogP contribution in [0.25, 0.3) is 12.2 Å². The molecule has 3 rings (SSSR count). The monoisotopic (exact) mass is 320 g/mol. The molecule has 0 bridgehead atoms. The second-order valence-corrected chi connectivity index (χ2v) is 6.05. The van der Waals surface area contributed by atoms with Gasteiger partial charge in [0.15, 0.2) is 0 Å². The number of hydrogen-bond acceptors (Lipinski definition) is 3. The summed E-state index contributed by atoms with van der Waals surface area (Å²) in [4.78, 5) is 17.4. The van der Waals surface area contributed by atoms with E-state index in [2.05, 4.69) is 10.3 Å². The smallest absolute Gasteiger partial charge is 0.229 e. The molecule has 3 nitrogen and oxygen atoms in total. The summed E-state index contributed by atoms with van der Waals surface area (Å²) in [6.07, 6.45) is 6.11. The van der Waals surface area contributed by atoms with Gasteiger partial charge in [-0.25, -0.2) is 0 Å². The summed E-state index contributed by atoms with van der Waals surface area (Å²) in [6, 6.07) is 17.5. The van der Waals surface area contributed by atoms with E-state index in [0.29, 0.717) is 6.42 Å². The Balaban J connectivity index is 1.65. The van der Waals surface area contributed by atoms with Crippen molar-refractivity contribution in [3.8, 4) is 0 Å². The number of amides is 1. The van der Waals surface area contributed by atoms with Gasteiger partial charge in [0.25, 0.3) is 0 Å². The number of thiophene rings is 1. The van der Waals surface area contributed by atoms with E-state index in [1.807, 2.05) is 72.1 Å². The van der Waals surface area contributed by atoms with Gasteiger partial charge in [-0.15, -0.1) is 11.3 Å². The molecular formula is C19H16N2OS. The van der Waals surface area contributed by atoms with Crippen LogP contribution in [0.3, 0.4) is 0 Å². The van der Waals surface area contributed by atoms with Crippen molar-refractivity contribution in [3.63, 3.8) is 0 Å². The van der Waals surface area contributed by atoms with Crippen LogP contribution in [0.5, 0.6) is 0 Å². The van der Waals surface area contributed by atoms with Gasteiger partial charge in [0.2, 0.25) is 5.91 Å². The molecule has 0 aliphatic rings. The molecule has 0 radical (unpaired) electrons. The highest BCUT2D eigenvalue weighted by atomic mass is 32.1. The number of rotatable bonds is 5. The second kappa shape index (κ2) is 7.51. The minimum absolute atomic E-state index is 0.00157. The molecule has 1 aromatic carbocycles. The highest BCUT2D eigenvalue weighted by Gasteiger charge is 2.04. The first-order chi connectivity index (χ1) is 11.3. The van der Waals surface area contributed by atoms with Crippen molar-refractivity contribution < 1.29 is 4.79 Å². The maximum Gasteiger partial charge on any atom is 0.229 e. The lowest BCUT2D eigenvalue weighted by molar-refractivity contribution is -0.115. The normalized spacial score (nSPS) is 10.8. The fourth-order valence-electron chi connectivity index (χ4n) is 2.15. The van der Waals surface area contributed by atoms with Crippen molar-refractivity contribution in [1.29, 1.82) is 0 Å². The number of carbonyl (C=O) groups excluding carboxylic acids is 1. The predicted octanol–water partition coefficient (Wildman–Crippen LogP) is 4.49. The van der Waals surface area contributed by atoms with E-state index < -0.39 is 0 Å². The number of hydrogen-bond donors (Lipinski definition) is 1. The number of aromatic nitrogens is 1. The standard InChI is InChI=1S/C19H16N2OS/c22-19(14-18-8-4-12-23-18)21-17-7-3-5-15(13-17)9-10-16-6-1-2-11-20-16/h1-13H,14H2,(H,21,22). The Morgan fingerprint density at radius 1 is 1.09 bits per heavy atom. The van der Waals surface area contributed by atoms with Gasteiger partial charge >= 0.3 is 0 Å². The number of pyridine rings is 1. The predicted molar refractivity (Wildman–Crippen MR) is 96.3 cm³/mol. The third kappa shape index (κ3) is 4.63. The summed E-state index contributed by atoms with van der Waals surface area (Å²) in [5.41, 5.74) is 2.72. The van der Waals surface area contributed by atoms with Crippen LogP contribution in [0.2, 0.25) is 0 Å². The van der Waals surface area contributed by atoms with Gasteiger partial charge in [-0.3, -0.25) is 9.78 Å². The quantitative estimate of drug-likeness (QED) is 0.752. The largest absolute Gasteiger partial charge is 0.326 e. The van der Waals surface area contributed by atoms with Gasteiger partial charge in [-0.1, -0.05) is 30.3 Å². The van der Waals surface area contributed by atoms with E-state index in [0.717, 1.165) is 21.8 Å². The zero-order chi connectivity index (χ0) is 15.9. The second-order valence-electron chi connectivity index (χ2n) is 5.02. The Kier molecular flexibility index (Phi) is 4.96. The lowest BCUT2D eigenvalue weighted by Gasteiger charge is -2.05. The number of benzene rings is 1. The van der Waals surface area contributed by atoms with Gasteiger partial charge in [0.05, 0.1) is 12.1 Å². The molecule has 0 aliphatic carbocycles. The fraction of sp³-hybridized carbons (Fsp3) is 0.0526. The first-order valence-electron chi connectivity index (χ1n) is 7.31. The van der Waals surface area contributed by atoms with E-state index in [9.17, 15) is 4.79 Å². The Morgan fingerprint density at radius 3 is 2.83 bits per heavy atom. The molecule has 4 heteroatoms. The molecule has 0 spiro atoms. The average Bonchev–Trinajstić information content (AvgIpc) is 3.07. The minimum atomic E-state index is -0.00157. The third-order valence-electron chi connectivity index (χ3n) is 3.22. The number of carbonyl (C=O) groups is 1. The average molecular weight is 320 g/mol. The molecule has 0 unspecified atom stereocenters. The Bertz CT molecular complexity index is 795. The summed E-state index contributed by atoms with van der Waals surface area (Å²) >= 11 is 1.59. The Morgan fingerprint density at radius 2 is 2.04 bits per heavy atom. The summed E-state index contributed by atoms with van der Waals surface area (Å²) in [5.74, 6) is -0.00157. The van der Waals surface area contributed by atoms with Gasteiger partial charge in [0, 0.05) is 16.8 Å². The van der Waals surface area contributed by atoms with Crippen LogP contribution in [0.1, 0.15) is 16.1 Å². The molecule has 1 N–H and O–H groups in total. The maximum absolute atomic E-state index is 12.0. The van der Waals surface area contributed by atoms with Crippen molar-refractivity contribution in [2.75, 3.05) is 5.32 Å². The molecule has 0 atom stereocenters. The van der Waals surface area contributed by atoms with Crippen LogP contribution in [-0.2, 0) is 11.2 Å². The van der Waals surface area contributed by atoms with E-state index >= 15 is 0 Å². The van der Waals surface area contributed by atoms with Gasteiger partial charge in [0.1, 0.15) is 0 Å². The van der Waals surface area contributed by atoms with Crippen molar-refractivity contribution in [2.45, 2.75) is 6.42 Å². The van der Waals surface area contributed by atoms with Crippen molar-refractivity contribution >= 4 is 35.1 Å².